The predicted octanol–water partition coefficient (Wildman–Crippen LogP) is 1.22. The molecule has 88 valence electrons. The number of hydrogen-bond donors (Lipinski definition) is 0. The van der Waals surface area contributed by atoms with E-state index in [-0.39, 0.29) is 4.90 Å². The molecule has 3 rings (SSSR count). The van der Waals surface area contributed by atoms with Crippen molar-refractivity contribution in [3.8, 4) is 5.69 Å². The average molecular weight is 249 g/mol. The number of benzene rings is 1. The summed E-state index contributed by atoms with van der Waals surface area (Å²) in [5.41, 5.74) is 2.39. The van der Waals surface area contributed by atoms with Crippen molar-refractivity contribution in [2.75, 3.05) is 0 Å². The zero-order valence-electron chi connectivity index (χ0n) is 9.45. The number of rotatable bonds is 0. The van der Waals surface area contributed by atoms with Gasteiger partial charge in [0.1, 0.15) is 0 Å². The molecular weight excluding hydrogens is 238 g/mol. The van der Waals surface area contributed by atoms with E-state index in [0.29, 0.717) is 5.69 Å². The Balaban J connectivity index is 2.46. The molecule has 2 aromatic rings. The highest BCUT2D eigenvalue weighted by Crippen LogP contribution is 2.28. The van der Waals surface area contributed by atoms with E-state index in [1.807, 2.05) is 26.0 Å². The second-order valence-electron chi connectivity index (χ2n) is 4.05. The van der Waals surface area contributed by atoms with E-state index in [9.17, 15) is 8.42 Å². The lowest BCUT2D eigenvalue weighted by Crippen LogP contribution is -2.46. The second kappa shape index (κ2) is 3.10. The summed E-state index contributed by atoms with van der Waals surface area (Å²) in [5, 5.41) is 0. The van der Waals surface area contributed by atoms with Crippen LogP contribution in [0.25, 0.3) is 10.5 Å². The summed E-state index contributed by atoms with van der Waals surface area (Å²) >= 11 is 0. The highest BCUT2D eigenvalue weighted by Gasteiger charge is 2.28. The molecule has 0 saturated heterocycles. The molecule has 0 bridgehead atoms. The van der Waals surface area contributed by atoms with Gasteiger partial charge >= 0.3 is 0 Å². The minimum Gasteiger partial charge on any atom is -0.221 e. The minimum absolute atomic E-state index is 0.249. The third kappa shape index (κ3) is 1.30. The van der Waals surface area contributed by atoms with E-state index in [0.717, 1.165) is 11.4 Å². The van der Waals surface area contributed by atoms with Crippen molar-refractivity contribution in [1.29, 1.82) is 0 Å². The van der Waals surface area contributed by atoms with Crippen LogP contribution < -0.4 is 4.79 Å². The van der Waals surface area contributed by atoms with Crippen LogP contribution >= 0.6 is 0 Å². The van der Waals surface area contributed by atoms with Crippen molar-refractivity contribution >= 4 is 10.0 Å². The normalized spacial score (nSPS) is 15.9. The zero-order valence-corrected chi connectivity index (χ0v) is 10.3. The molecular formula is C11H11N3O2S. The van der Waals surface area contributed by atoms with Gasteiger partial charge < -0.3 is 0 Å². The maximum absolute atomic E-state index is 12.0. The molecule has 5 nitrogen and oxygen atoms in total. The molecule has 1 aliphatic rings. The van der Waals surface area contributed by atoms with Crippen molar-refractivity contribution in [3.63, 3.8) is 0 Å². The Kier molecular flexibility index (Phi) is 1.89. The zero-order chi connectivity index (χ0) is 12.2. The maximum atomic E-state index is 12.0. The van der Waals surface area contributed by atoms with Gasteiger partial charge in [0.2, 0.25) is 10.0 Å². The fourth-order valence-electron chi connectivity index (χ4n) is 2.12. The monoisotopic (exact) mass is 249 g/mol. The molecule has 17 heavy (non-hydrogen) atoms. The van der Waals surface area contributed by atoms with Crippen LogP contribution in [0, 0.1) is 13.8 Å². The van der Waals surface area contributed by atoms with E-state index in [4.69, 9.17) is 0 Å². The first-order valence-electron chi connectivity index (χ1n) is 5.20. The van der Waals surface area contributed by atoms with Crippen LogP contribution in [0.2, 0.25) is 0 Å². The van der Waals surface area contributed by atoms with Crippen molar-refractivity contribution in [2.24, 2.45) is 0 Å². The molecule has 6 heteroatoms. The van der Waals surface area contributed by atoms with Gasteiger partial charge in [0.15, 0.2) is 5.69 Å². The quantitative estimate of drug-likeness (QED) is 0.659. The maximum Gasteiger partial charge on any atom is 0.250 e. The molecule has 1 aromatic heterocycles. The molecule has 0 fully saturated rings. The summed E-state index contributed by atoms with van der Waals surface area (Å²) in [5.74, 6) is 0. The first kappa shape index (κ1) is 10.3. The van der Waals surface area contributed by atoms with Crippen molar-refractivity contribution in [3.05, 3.63) is 46.6 Å². The fourth-order valence-corrected chi connectivity index (χ4v) is 3.28. The smallest absolute Gasteiger partial charge is 0.221 e. The molecule has 0 atom stereocenters. The van der Waals surface area contributed by atoms with Gasteiger partial charge in [0.25, 0.3) is 0 Å². The molecule has 0 radical (unpaired) electrons. The van der Waals surface area contributed by atoms with Crippen molar-refractivity contribution in [1.82, 2.24) is 4.68 Å². The van der Waals surface area contributed by atoms with Gasteiger partial charge in [-0.25, -0.2) is 13.1 Å². The van der Waals surface area contributed by atoms with Gasteiger partial charge in [-0.15, -0.1) is 4.79 Å². The fraction of sp³-hybridized carbons (Fsp3) is 0.182. The molecule has 1 aromatic carbocycles. The summed E-state index contributed by atoms with van der Waals surface area (Å²) in [4.78, 5) is 5.46. The van der Waals surface area contributed by atoms with Gasteiger partial charge in [0, 0.05) is 18.7 Å². The van der Waals surface area contributed by atoms with E-state index < -0.39 is 10.0 Å². The van der Waals surface area contributed by atoms with E-state index in [1.54, 1.807) is 22.9 Å². The SMILES string of the molecule is Cc1cc(C)[n+]2n1-c1ccccc1S(=O)(=O)[N-]2. The summed E-state index contributed by atoms with van der Waals surface area (Å²) in [6.07, 6.45) is 0. The highest BCUT2D eigenvalue weighted by molar-refractivity contribution is 7.93. The molecule has 0 saturated carbocycles. The number of fused-ring (bicyclic) bond motifs is 3. The van der Waals surface area contributed by atoms with E-state index >= 15 is 0 Å². The summed E-state index contributed by atoms with van der Waals surface area (Å²) < 4.78 is 25.8. The Hall–Kier alpha value is -1.82. The van der Waals surface area contributed by atoms with Gasteiger partial charge in [-0.3, -0.25) is 0 Å². The van der Waals surface area contributed by atoms with E-state index in [2.05, 4.69) is 4.83 Å². The predicted molar refractivity (Wildman–Crippen MR) is 61.4 cm³/mol. The Morgan fingerprint density at radius 1 is 1.24 bits per heavy atom. The van der Waals surface area contributed by atoms with Crippen molar-refractivity contribution < 1.29 is 13.2 Å². The van der Waals surface area contributed by atoms with Crippen LogP contribution in [-0.4, -0.2) is 13.1 Å². The molecule has 0 spiro atoms. The van der Waals surface area contributed by atoms with Gasteiger partial charge in [0.05, 0.1) is 4.90 Å². The van der Waals surface area contributed by atoms with Crippen LogP contribution in [0.1, 0.15) is 11.4 Å². The first-order valence-corrected chi connectivity index (χ1v) is 6.64. The van der Waals surface area contributed by atoms with Crippen LogP contribution in [0.3, 0.4) is 0 Å². The Morgan fingerprint density at radius 3 is 2.71 bits per heavy atom. The number of aryl methyl sites for hydroxylation is 2. The number of sulfonamides is 1. The largest absolute Gasteiger partial charge is 0.250 e. The third-order valence-corrected chi connectivity index (χ3v) is 4.08. The Morgan fingerprint density at radius 2 is 1.94 bits per heavy atom. The molecule has 0 amide bonds. The minimum atomic E-state index is -3.60. The number of para-hydroxylation sites is 1. The van der Waals surface area contributed by atoms with E-state index in [1.165, 1.54) is 4.79 Å². The van der Waals surface area contributed by atoms with Gasteiger partial charge in [-0.2, -0.15) is 0 Å². The summed E-state index contributed by atoms with van der Waals surface area (Å²) in [7, 11) is -3.60. The lowest BCUT2D eigenvalue weighted by molar-refractivity contribution is -0.699. The lowest BCUT2D eigenvalue weighted by atomic mass is 10.3. The third-order valence-electron chi connectivity index (χ3n) is 2.81. The first-order chi connectivity index (χ1) is 8.00. The van der Waals surface area contributed by atoms with Crippen molar-refractivity contribution in [2.45, 2.75) is 18.7 Å². The second-order valence-corrected chi connectivity index (χ2v) is 5.61. The van der Waals surface area contributed by atoms with Crippen LogP contribution in [0.4, 0.5) is 0 Å². The number of nitrogens with zero attached hydrogens (tertiary/aromatic N) is 3. The molecule has 0 unspecified atom stereocenters. The average Bonchev–Trinajstić information content (AvgIpc) is 2.54. The molecule has 0 N–H and O–H groups in total. The molecule has 2 heterocycles. The lowest BCUT2D eigenvalue weighted by Gasteiger charge is -2.23. The van der Waals surface area contributed by atoms with Crippen LogP contribution in [0.15, 0.2) is 35.2 Å². The number of aromatic nitrogens is 2. The Bertz CT molecular complexity index is 716. The summed E-state index contributed by atoms with van der Waals surface area (Å²) in [6.45, 7) is 3.75. The Labute approximate surface area is 99.3 Å². The van der Waals surface area contributed by atoms with Gasteiger partial charge in [-0.1, -0.05) is 23.0 Å². The van der Waals surface area contributed by atoms with Crippen LogP contribution in [0.5, 0.6) is 0 Å². The van der Waals surface area contributed by atoms with Crippen LogP contribution in [-0.2, 0) is 10.0 Å². The standard InChI is InChI=1S/C11H11N3O2S/c1-8-7-9(2)14-12-17(15,16)11-6-4-3-5-10(11)13(8)14/h3-7H,1-2H3. The molecule has 0 aliphatic carbocycles. The number of hydrogen-bond acceptors (Lipinski definition) is 2. The summed E-state index contributed by atoms with van der Waals surface area (Å²) in [6, 6.07) is 8.78. The molecule has 1 aliphatic heterocycles. The highest BCUT2D eigenvalue weighted by atomic mass is 32.2. The topological polar surface area (TPSA) is 57.1 Å². The van der Waals surface area contributed by atoms with Gasteiger partial charge in [-0.05, 0) is 18.7 Å².